The molecule has 6 nitrogen and oxygen atoms in total. The predicted molar refractivity (Wildman–Crippen MR) is 50.2 cm³/mol. The summed E-state index contributed by atoms with van der Waals surface area (Å²) in [4.78, 5) is 10.7. The molecule has 1 rings (SSSR count). The normalized spacial score (nSPS) is 12.7. The minimum Gasteiger partial charge on any atom is -0.480 e. The number of rotatable bonds is 6. The Hall–Kier alpha value is -1.50. The zero-order chi connectivity index (χ0) is 11.3. The number of nitrogens with one attached hydrogen (secondary N) is 1. The maximum Gasteiger partial charge on any atom is 0.321 e. The van der Waals surface area contributed by atoms with Crippen molar-refractivity contribution in [3.63, 3.8) is 0 Å². The highest BCUT2D eigenvalue weighted by Gasteiger charge is 2.17. The molecule has 0 aliphatic heterocycles. The van der Waals surface area contributed by atoms with Gasteiger partial charge in [-0.15, -0.1) is 5.10 Å². The van der Waals surface area contributed by atoms with Crippen LogP contribution in [0, 0.1) is 0 Å². The quantitative estimate of drug-likeness (QED) is 0.666. The van der Waals surface area contributed by atoms with Gasteiger partial charge in [0.2, 0.25) is 0 Å². The smallest absolute Gasteiger partial charge is 0.321 e. The second-order valence-electron chi connectivity index (χ2n) is 3.05. The molecule has 1 aromatic rings. The summed E-state index contributed by atoms with van der Waals surface area (Å²) in [6.45, 7) is -0.374. The molecule has 0 radical (unpaired) electrons. The highest BCUT2D eigenvalue weighted by molar-refractivity contribution is 5.73. The molecule has 15 heavy (non-hydrogen) atoms. The topological polar surface area (TPSA) is 80.0 Å². The van der Waals surface area contributed by atoms with Gasteiger partial charge in [0.25, 0.3) is 0 Å². The van der Waals surface area contributed by atoms with Gasteiger partial charge >= 0.3 is 5.97 Å². The number of aryl methyl sites for hydroxylation is 1. The SMILES string of the molecule is CN[C@@H](Cc1cn(CC[18F])nn1)C(=O)O. The van der Waals surface area contributed by atoms with Crippen LogP contribution < -0.4 is 5.32 Å². The predicted octanol–water partition coefficient (Wildman–Crippen LogP) is -0.537. The second-order valence-corrected chi connectivity index (χ2v) is 3.05. The van der Waals surface area contributed by atoms with Crippen LogP contribution in [0.1, 0.15) is 5.69 Å². The number of carboxylic acid groups (broad SMARTS) is 1. The molecule has 0 unspecified atom stereocenters. The average molecular weight is 215 g/mol. The van der Waals surface area contributed by atoms with Crippen LogP contribution in [0.4, 0.5) is 4.39 Å². The summed E-state index contributed by atoms with van der Waals surface area (Å²) in [7, 11) is 1.56. The van der Waals surface area contributed by atoms with E-state index in [1.807, 2.05) is 0 Å². The summed E-state index contributed by atoms with van der Waals surface area (Å²) < 4.78 is 13.3. The van der Waals surface area contributed by atoms with Gasteiger partial charge in [-0.1, -0.05) is 5.21 Å². The average Bonchev–Trinajstić information content (AvgIpc) is 2.62. The molecule has 1 heterocycles. The summed E-state index contributed by atoms with van der Waals surface area (Å²) in [5.74, 6) is -0.947. The van der Waals surface area contributed by atoms with Gasteiger partial charge in [0.05, 0.1) is 12.2 Å². The van der Waals surface area contributed by atoms with Crippen LogP contribution >= 0.6 is 0 Å². The molecule has 1 aromatic heterocycles. The molecule has 2 N–H and O–H groups in total. The number of aromatic nitrogens is 3. The lowest BCUT2D eigenvalue weighted by Gasteiger charge is -2.07. The van der Waals surface area contributed by atoms with E-state index in [0.717, 1.165) is 0 Å². The fraction of sp³-hybridized carbons (Fsp3) is 0.625. The fourth-order valence-electron chi connectivity index (χ4n) is 1.15. The highest BCUT2D eigenvalue weighted by atomic mass is 18.2. The van der Waals surface area contributed by atoms with E-state index in [9.17, 15) is 9.18 Å². The van der Waals surface area contributed by atoms with E-state index in [0.29, 0.717) is 5.69 Å². The van der Waals surface area contributed by atoms with Gasteiger partial charge in [0.1, 0.15) is 12.7 Å². The number of carbonyl (C=O) groups is 1. The molecule has 0 aliphatic carbocycles. The molecule has 7 heteroatoms. The lowest BCUT2D eigenvalue weighted by Crippen LogP contribution is -2.35. The first-order valence-electron chi connectivity index (χ1n) is 4.52. The molecule has 0 aromatic carbocycles. The molecule has 0 saturated heterocycles. The van der Waals surface area contributed by atoms with Gasteiger partial charge in [-0.05, 0) is 7.05 Å². The van der Waals surface area contributed by atoms with Gasteiger partial charge < -0.3 is 10.4 Å². The highest BCUT2D eigenvalue weighted by Crippen LogP contribution is 1.99. The van der Waals surface area contributed by atoms with Crippen molar-refractivity contribution in [3.8, 4) is 0 Å². The summed E-state index contributed by atoms with van der Waals surface area (Å²) in [5, 5.41) is 18.8. The van der Waals surface area contributed by atoms with Crippen LogP contribution in [0.5, 0.6) is 0 Å². The van der Waals surface area contributed by atoms with Crippen molar-refractivity contribution in [2.75, 3.05) is 13.7 Å². The summed E-state index contributed by atoms with van der Waals surface area (Å²) in [6, 6.07) is -0.694. The Morgan fingerprint density at radius 3 is 3.07 bits per heavy atom. The fourth-order valence-corrected chi connectivity index (χ4v) is 1.15. The van der Waals surface area contributed by atoms with Crippen LogP contribution in [0.25, 0.3) is 0 Å². The number of likely N-dealkylation sites (N-methyl/N-ethyl adjacent to an activating group) is 1. The molecule has 0 amide bonds. The molecule has 84 valence electrons. The molecule has 0 spiro atoms. The van der Waals surface area contributed by atoms with Crippen molar-refractivity contribution < 1.29 is 14.3 Å². The van der Waals surface area contributed by atoms with Gasteiger partial charge in [-0.25, -0.2) is 9.07 Å². The molecular formula is C8H13FN4O2. The Labute approximate surface area is 86.1 Å². The third-order valence-electron chi connectivity index (χ3n) is 1.96. The van der Waals surface area contributed by atoms with Crippen LogP contribution in [0.2, 0.25) is 0 Å². The van der Waals surface area contributed by atoms with Crippen molar-refractivity contribution in [2.45, 2.75) is 19.0 Å². The standard InChI is InChI=1S/C8H13FN4O2/c1-10-7(8(14)15)4-6-5-13(3-2-9)12-11-6/h5,7,10H,2-4H2,1H3,(H,14,15)/t7-/m0/s1/i9-1. The summed E-state index contributed by atoms with van der Waals surface area (Å²) in [6.07, 6.45) is 1.78. The van der Waals surface area contributed by atoms with Crippen LogP contribution in [0.3, 0.4) is 0 Å². The lowest BCUT2D eigenvalue weighted by atomic mass is 10.2. The zero-order valence-corrected chi connectivity index (χ0v) is 8.35. The minimum atomic E-state index is -0.947. The van der Waals surface area contributed by atoms with E-state index in [1.165, 1.54) is 4.68 Å². The van der Waals surface area contributed by atoms with E-state index in [4.69, 9.17) is 5.11 Å². The molecule has 1 atom stereocenters. The Kier molecular flexibility index (Phi) is 4.17. The molecule has 0 aliphatic rings. The lowest BCUT2D eigenvalue weighted by molar-refractivity contribution is -0.139. The third kappa shape index (κ3) is 3.28. The van der Waals surface area contributed by atoms with E-state index in [1.54, 1.807) is 13.2 Å². The monoisotopic (exact) mass is 215 g/mol. The van der Waals surface area contributed by atoms with Gasteiger partial charge in [-0.2, -0.15) is 0 Å². The Bertz CT molecular complexity index is 328. The van der Waals surface area contributed by atoms with E-state index in [-0.39, 0.29) is 13.0 Å². The van der Waals surface area contributed by atoms with Crippen molar-refractivity contribution in [1.29, 1.82) is 0 Å². The third-order valence-corrected chi connectivity index (χ3v) is 1.96. The first-order chi connectivity index (χ1) is 7.17. The van der Waals surface area contributed by atoms with Crippen molar-refractivity contribution in [2.24, 2.45) is 0 Å². The molecule has 0 saturated carbocycles. The number of alkyl halides is 1. The number of hydrogen-bond donors (Lipinski definition) is 2. The molecule has 0 bridgehead atoms. The number of nitrogens with zero attached hydrogens (tertiary/aromatic N) is 3. The van der Waals surface area contributed by atoms with Gasteiger partial charge in [0.15, 0.2) is 0 Å². The number of hydrogen-bond acceptors (Lipinski definition) is 4. The maximum absolute atomic E-state index is 11.9. The molecular weight excluding hydrogens is 202 g/mol. The summed E-state index contributed by atoms with van der Waals surface area (Å²) >= 11 is 0. The number of carboxylic acids is 1. The minimum absolute atomic E-state index is 0.143. The maximum atomic E-state index is 11.9. The summed E-state index contributed by atoms with van der Waals surface area (Å²) in [5.41, 5.74) is 0.533. The zero-order valence-electron chi connectivity index (χ0n) is 8.35. The Morgan fingerprint density at radius 1 is 1.80 bits per heavy atom. The first-order valence-corrected chi connectivity index (χ1v) is 4.52. The van der Waals surface area contributed by atoms with Crippen LogP contribution in [0.15, 0.2) is 6.20 Å². The van der Waals surface area contributed by atoms with Crippen molar-refractivity contribution in [3.05, 3.63) is 11.9 Å². The Balaban J connectivity index is 2.59. The number of aliphatic carboxylic acids is 1. The first kappa shape index (κ1) is 11.6. The van der Waals surface area contributed by atoms with E-state index in [2.05, 4.69) is 15.6 Å². The van der Waals surface area contributed by atoms with E-state index >= 15 is 0 Å². The molecule has 0 fully saturated rings. The second kappa shape index (κ2) is 5.40. The van der Waals surface area contributed by atoms with Crippen molar-refractivity contribution >= 4 is 5.97 Å². The number of halogens is 1. The van der Waals surface area contributed by atoms with Crippen molar-refractivity contribution in [1.82, 2.24) is 20.3 Å². The van der Waals surface area contributed by atoms with Crippen LogP contribution in [-0.4, -0.2) is 45.8 Å². The largest absolute Gasteiger partial charge is 0.480 e. The van der Waals surface area contributed by atoms with Gasteiger partial charge in [0, 0.05) is 12.6 Å². The Morgan fingerprint density at radius 2 is 2.53 bits per heavy atom. The van der Waals surface area contributed by atoms with Gasteiger partial charge in [-0.3, -0.25) is 4.79 Å². The van der Waals surface area contributed by atoms with Crippen LogP contribution in [-0.2, 0) is 17.8 Å². The van der Waals surface area contributed by atoms with E-state index < -0.39 is 18.7 Å².